The van der Waals surface area contributed by atoms with Crippen molar-refractivity contribution in [2.45, 2.75) is 0 Å². The first-order chi connectivity index (χ1) is 12.2. The highest BCUT2D eigenvalue weighted by molar-refractivity contribution is 6.03. The molecule has 0 unspecified atom stereocenters. The van der Waals surface area contributed by atoms with Gasteiger partial charge >= 0.3 is 0 Å². The number of amides is 1. The van der Waals surface area contributed by atoms with Gasteiger partial charge in [-0.05, 0) is 31.3 Å². The summed E-state index contributed by atoms with van der Waals surface area (Å²) in [5.41, 5.74) is 1.19. The van der Waals surface area contributed by atoms with E-state index in [2.05, 4.69) is 37.2 Å². The van der Waals surface area contributed by atoms with Gasteiger partial charge in [0.25, 0.3) is 5.91 Å². The number of aromatic nitrogens is 4. The molecule has 1 N–H and O–H groups in total. The van der Waals surface area contributed by atoms with Gasteiger partial charge in [0.1, 0.15) is 5.82 Å². The second-order valence-electron chi connectivity index (χ2n) is 6.11. The van der Waals surface area contributed by atoms with E-state index in [4.69, 9.17) is 0 Å². The van der Waals surface area contributed by atoms with Crippen LogP contribution >= 0.6 is 0 Å². The maximum atomic E-state index is 12.2. The average molecular weight is 337 g/mol. The Labute approximate surface area is 145 Å². The lowest BCUT2D eigenvalue weighted by atomic mass is 10.3. The Morgan fingerprint density at radius 2 is 2.00 bits per heavy atom. The van der Waals surface area contributed by atoms with E-state index in [9.17, 15) is 4.79 Å². The van der Waals surface area contributed by atoms with Gasteiger partial charge in [-0.3, -0.25) is 9.78 Å². The van der Waals surface area contributed by atoms with Gasteiger partial charge in [0.2, 0.25) is 0 Å². The summed E-state index contributed by atoms with van der Waals surface area (Å²) in [5, 5.41) is 7.40. The minimum absolute atomic E-state index is 0.240. The predicted molar refractivity (Wildman–Crippen MR) is 94.9 cm³/mol. The van der Waals surface area contributed by atoms with Crippen LogP contribution in [0.15, 0.2) is 42.9 Å². The molecule has 4 rings (SSSR count). The summed E-state index contributed by atoms with van der Waals surface area (Å²) in [7, 11) is 2.13. The van der Waals surface area contributed by atoms with Crippen LogP contribution in [0.1, 0.15) is 10.4 Å². The molecule has 0 bridgehead atoms. The molecular weight excluding hydrogens is 318 g/mol. The second-order valence-corrected chi connectivity index (χ2v) is 6.11. The maximum Gasteiger partial charge on any atom is 0.258 e. The molecule has 0 radical (unpaired) electrons. The molecule has 0 aliphatic carbocycles. The van der Waals surface area contributed by atoms with Crippen molar-refractivity contribution in [1.82, 2.24) is 24.5 Å². The van der Waals surface area contributed by atoms with E-state index >= 15 is 0 Å². The smallest absolute Gasteiger partial charge is 0.258 e. The maximum absolute atomic E-state index is 12.2. The second kappa shape index (κ2) is 6.48. The normalized spacial score (nSPS) is 15.5. The zero-order valence-electron chi connectivity index (χ0n) is 14.0. The Morgan fingerprint density at radius 1 is 1.16 bits per heavy atom. The minimum atomic E-state index is -0.240. The fourth-order valence-electron chi connectivity index (χ4n) is 2.82. The molecule has 0 spiro atoms. The van der Waals surface area contributed by atoms with Crippen molar-refractivity contribution in [1.29, 1.82) is 0 Å². The van der Waals surface area contributed by atoms with Crippen molar-refractivity contribution in [3.05, 3.63) is 48.4 Å². The third kappa shape index (κ3) is 3.29. The van der Waals surface area contributed by atoms with E-state index < -0.39 is 0 Å². The fourth-order valence-corrected chi connectivity index (χ4v) is 2.82. The van der Waals surface area contributed by atoms with Gasteiger partial charge in [-0.2, -0.15) is 0 Å². The SMILES string of the molecule is CN1CCN(c2ccc3nc(NC(=O)c4cccnc4)cn3n2)CC1. The number of rotatable bonds is 3. The standard InChI is InChI=1S/C17H19N7O/c1-22-7-9-23(10-8-22)16-5-4-15-19-14(12-24(15)21-16)20-17(25)13-3-2-6-18-11-13/h2-6,11-12H,7-10H2,1H3,(H,20,25). The molecule has 8 heteroatoms. The Kier molecular flexibility index (Phi) is 4.02. The number of imidazole rings is 1. The summed E-state index contributed by atoms with van der Waals surface area (Å²) in [6.07, 6.45) is 4.88. The third-order valence-corrected chi connectivity index (χ3v) is 4.30. The van der Waals surface area contributed by atoms with Gasteiger partial charge in [-0.1, -0.05) is 0 Å². The summed E-state index contributed by atoms with van der Waals surface area (Å²) in [5.74, 6) is 1.15. The van der Waals surface area contributed by atoms with Crippen LogP contribution in [0.5, 0.6) is 0 Å². The van der Waals surface area contributed by atoms with Crippen LogP contribution < -0.4 is 10.2 Å². The first-order valence-electron chi connectivity index (χ1n) is 8.20. The molecule has 1 aliphatic rings. The van der Waals surface area contributed by atoms with E-state index in [1.54, 1.807) is 29.0 Å². The van der Waals surface area contributed by atoms with Crippen molar-refractivity contribution in [2.24, 2.45) is 0 Å². The zero-order chi connectivity index (χ0) is 17.2. The van der Waals surface area contributed by atoms with E-state index in [0.717, 1.165) is 32.0 Å². The molecule has 128 valence electrons. The van der Waals surface area contributed by atoms with Crippen LogP contribution in [0.3, 0.4) is 0 Å². The number of hydrogen-bond donors (Lipinski definition) is 1. The lowest BCUT2D eigenvalue weighted by Crippen LogP contribution is -2.44. The van der Waals surface area contributed by atoms with Crippen LogP contribution in [0.25, 0.3) is 5.65 Å². The molecule has 1 fully saturated rings. The molecule has 0 saturated carbocycles. The van der Waals surface area contributed by atoms with Gasteiger partial charge in [0, 0.05) is 38.6 Å². The Balaban J connectivity index is 1.53. The molecule has 1 amide bonds. The molecule has 8 nitrogen and oxygen atoms in total. The molecule has 1 aliphatic heterocycles. The van der Waals surface area contributed by atoms with Crippen molar-refractivity contribution in [3.63, 3.8) is 0 Å². The summed E-state index contributed by atoms with van der Waals surface area (Å²) in [6.45, 7) is 3.95. The highest BCUT2D eigenvalue weighted by Gasteiger charge is 2.16. The topological polar surface area (TPSA) is 78.7 Å². The van der Waals surface area contributed by atoms with Crippen LogP contribution in [-0.2, 0) is 0 Å². The summed E-state index contributed by atoms with van der Waals surface area (Å²) >= 11 is 0. The number of piperazine rings is 1. The lowest BCUT2D eigenvalue weighted by molar-refractivity contribution is 0.102. The largest absolute Gasteiger partial charge is 0.353 e. The highest BCUT2D eigenvalue weighted by atomic mass is 16.1. The fraction of sp³-hybridized carbons (Fsp3) is 0.294. The summed E-state index contributed by atoms with van der Waals surface area (Å²) in [4.78, 5) is 25.1. The average Bonchev–Trinajstić information content (AvgIpc) is 3.04. The quantitative estimate of drug-likeness (QED) is 0.772. The Hall–Kier alpha value is -3.00. The van der Waals surface area contributed by atoms with Crippen molar-refractivity contribution in [3.8, 4) is 0 Å². The molecule has 0 atom stereocenters. The van der Waals surface area contributed by atoms with Gasteiger partial charge in [-0.25, -0.2) is 9.50 Å². The highest BCUT2D eigenvalue weighted by Crippen LogP contribution is 2.16. The monoisotopic (exact) mass is 337 g/mol. The van der Waals surface area contributed by atoms with Gasteiger partial charge < -0.3 is 15.1 Å². The molecule has 25 heavy (non-hydrogen) atoms. The number of likely N-dealkylation sites (N-methyl/N-ethyl adjacent to an activating group) is 1. The number of carbonyl (C=O) groups excluding carboxylic acids is 1. The van der Waals surface area contributed by atoms with E-state index in [1.807, 2.05) is 12.1 Å². The van der Waals surface area contributed by atoms with E-state index in [0.29, 0.717) is 17.0 Å². The molecule has 4 heterocycles. The van der Waals surface area contributed by atoms with Crippen molar-refractivity contribution < 1.29 is 4.79 Å². The van der Waals surface area contributed by atoms with Crippen molar-refractivity contribution in [2.75, 3.05) is 43.4 Å². The molecule has 3 aromatic rings. The van der Waals surface area contributed by atoms with Crippen molar-refractivity contribution >= 4 is 23.2 Å². The Morgan fingerprint density at radius 3 is 2.76 bits per heavy atom. The van der Waals surface area contributed by atoms with Crippen LogP contribution in [0.4, 0.5) is 11.6 Å². The van der Waals surface area contributed by atoms with Crippen LogP contribution in [0, 0.1) is 0 Å². The lowest BCUT2D eigenvalue weighted by Gasteiger charge is -2.32. The Bertz CT molecular complexity index is 884. The zero-order valence-corrected chi connectivity index (χ0v) is 14.0. The number of anilines is 2. The van der Waals surface area contributed by atoms with Gasteiger partial charge in [-0.15, -0.1) is 5.10 Å². The van der Waals surface area contributed by atoms with Gasteiger partial charge in [0.05, 0.1) is 11.8 Å². The predicted octanol–water partition coefficient (Wildman–Crippen LogP) is 1.13. The van der Waals surface area contributed by atoms with Crippen LogP contribution in [-0.4, -0.2) is 63.6 Å². The molecule has 1 saturated heterocycles. The number of fused-ring (bicyclic) bond motifs is 1. The first kappa shape index (κ1) is 15.5. The van der Waals surface area contributed by atoms with Crippen LogP contribution in [0.2, 0.25) is 0 Å². The number of pyridine rings is 1. The molecule has 3 aromatic heterocycles. The third-order valence-electron chi connectivity index (χ3n) is 4.30. The van der Waals surface area contributed by atoms with E-state index in [1.165, 1.54) is 6.20 Å². The number of nitrogens with zero attached hydrogens (tertiary/aromatic N) is 6. The molecular formula is C17H19N7O. The molecule has 0 aromatic carbocycles. The first-order valence-corrected chi connectivity index (χ1v) is 8.20. The van der Waals surface area contributed by atoms with Gasteiger partial charge in [0.15, 0.2) is 11.5 Å². The summed E-state index contributed by atoms with van der Waals surface area (Å²) in [6, 6.07) is 7.32. The van der Waals surface area contributed by atoms with E-state index in [-0.39, 0.29) is 5.91 Å². The summed E-state index contributed by atoms with van der Waals surface area (Å²) < 4.78 is 1.70. The number of hydrogen-bond acceptors (Lipinski definition) is 6. The number of carbonyl (C=O) groups is 1. The minimum Gasteiger partial charge on any atom is -0.353 e. The number of nitrogens with one attached hydrogen (secondary N) is 1.